The molecule has 0 radical (unpaired) electrons. The van der Waals surface area contributed by atoms with Crippen LogP contribution in [-0.4, -0.2) is 18.0 Å². The molecule has 22 heavy (non-hydrogen) atoms. The quantitative estimate of drug-likeness (QED) is 0.527. The van der Waals surface area contributed by atoms with E-state index in [0.29, 0.717) is 11.4 Å². The molecule has 1 N–H and O–H groups in total. The van der Waals surface area contributed by atoms with E-state index in [-0.39, 0.29) is 11.3 Å². The van der Waals surface area contributed by atoms with Crippen LogP contribution in [0.2, 0.25) is 0 Å². The summed E-state index contributed by atoms with van der Waals surface area (Å²) in [5, 5.41) is 14.5. The Kier molecular flexibility index (Phi) is 4.30. The van der Waals surface area contributed by atoms with Crippen LogP contribution in [0.4, 0.5) is 0 Å². The van der Waals surface area contributed by atoms with Gasteiger partial charge in [-0.2, -0.15) is 0 Å². The highest BCUT2D eigenvalue weighted by atomic mass is 16.6. The largest absolute Gasteiger partial charge is 0.466 e. The van der Waals surface area contributed by atoms with Gasteiger partial charge in [0.05, 0.1) is 23.3 Å². The monoisotopic (exact) mass is 302 g/mol. The zero-order valence-corrected chi connectivity index (χ0v) is 13.0. The van der Waals surface area contributed by atoms with Gasteiger partial charge >= 0.3 is 5.97 Å². The first-order valence-corrected chi connectivity index (χ1v) is 6.85. The lowest BCUT2D eigenvalue weighted by Gasteiger charge is -2.27. The van der Waals surface area contributed by atoms with E-state index in [1.807, 2.05) is 25.1 Å². The minimum Gasteiger partial charge on any atom is -0.466 e. The van der Waals surface area contributed by atoms with E-state index in [9.17, 15) is 14.9 Å². The van der Waals surface area contributed by atoms with E-state index in [0.717, 1.165) is 11.1 Å². The zero-order valence-electron chi connectivity index (χ0n) is 13.0. The van der Waals surface area contributed by atoms with Crippen molar-refractivity contribution >= 4 is 5.97 Å². The Labute approximate surface area is 128 Å². The summed E-state index contributed by atoms with van der Waals surface area (Å²) >= 11 is 0. The number of benzene rings is 1. The minimum absolute atomic E-state index is 0.0275. The van der Waals surface area contributed by atoms with Gasteiger partial charge < -0.3 is 10.1 Å². The molecule has 0 bridgehead atoms. The van der Waals surface area contributed by atoms with E-state index in [2.05, 4.69) is 5.32 Å². The topological polar surface area (TPSA) is 81.5 Å². The number of aryl methyl sites for hydroxylation is 1. The SMILES string of the molecule is COC(=O)C1=C(C)NC(C)=C([N+](=O)[O-])[C@H]1c1ccccc1C. The number of rotatable bonds is 3. The molecule has 6 heteroatoms. The summed E-state index contributed by atoms with van der Waals surface area (Å²) in [6.07, 6.45) is 0. The van der Waals surface area contributed by atoms with Crippen LogP contribution in [0, 0.1) is 17.0 Å². The Hall–Kier alpha value is -2.63. The van der Waals surface area contributed by atoms with Crippen molar-refractivity contribution in [1.82, 2.24) is 5.32 Å². The number of dihydropyridines is 1. The van der Waals surface area contributed by atoms with Crippen molar-refractivity contribution in [2.45, 2.75) is 26.7 Å². The van der Waals surface area contributed by atoms with Crippen molar-refractivity contribution in [3.05, 3.63) is 68.2 Å². The maximum absolute atomic E-state index is 12.2. The van der Waals surface area contributed by atoms with Gasteiger partial charge in [-0.1, -0.05) is 24.3 Å². The van der Waals surface area contributed by atoms with Crippen LogP contribution in [0.5, 0.6) is 0 Å². The van der Waals surface area contributed by atoms with Crippen LogP contribution in [0.1, 0.15) is 30.9 Å². The summed E-state index contributed by atoms with van der Waals surface area (Å²) in [6.45, 7) is 5.23. The lowest BCUT2D eigenvalue weighted by atomic mass is 9.82. The van der Waals surface area contributed by atoms with Gasteiger partial charge in [0.15, 0.2) is 0 Å². The van der Waals surface area contributed by atoms with Crippen molar-refractivity contribution in [1.29, 1.82) is 0 Å². The average Bonchev–Trinajstić information content (AvgIpc) is 2.45. The van der Waals surface area contributed by atoms with Crippen LogP contribution >= 0.6 is 0 Å². The van der Waals surface area contributed by atoms with Gasteiger partial charge in [-0.3, -0.25) is 10.1 Å². The number of ether oxygens (including phenoxy) is 1. The van der Waals surface area contributed by atoms with E-state index < -0.39 is 16.8 Å². The molecule has 1 aliphatic heterocycles. The van der Waals surface area contributed by atoms with Gasteiger partial charge in [-0.25, -0.2) is 4.79 Å². The van der Waals surface area contributed by atoms with E-state index in [1.54, 1.807) is 19.9 Å². The molecule has 0 fully saturated rings. The fourth-order valence-electron chi connectivity index (χ4n) is 2.82. The van der Waals surface area contributed by atoms with Crippen LogP contribution in [0.15, 0.2) is 46.9 Å². The molecule has 0 unspecified atom stereocenters. The Morgan fingerprint density at radius 2 is 1.86 bits per heavy atom. The summed E-state index contributed by atoms with van der Waals surface area (Å²) < 4.78 is 4.83. The molecule has 2 rings (SSSR count). The second kappa shape index (κ2) is 6.01. The second-order valence-corrected chi connectivity index (χ2v) is 5.21. The molecule has 0 saturated carbocycles. The third kappa shape index (κ3) is 2.59. The first-order chi connectivity index (χ1) is 10.4. The van der Waals surface area contributed by atoms with Crippen LogP contribution in [0.25, 0.3) is 0 Å². The molecule has 0 aliphatic carbocycles. The molecule has 1 aromatic rings. The van der Waals surface area contributed by atoms with Crippen molar-refractivity contribution in [3.8, 4) is 0 Å². The summed E-state index contributed by atoms with van der Waals surface area (Å²) in [7, 11) is 1.27. The first kappa shape index (κ1) is 15.8. The molecule has 0 aromatic heterocycles. The second-order valence-electron chi connectivity index (χ2n) is 5.21. The third-order valence-corrected chi connectivity index (χ3v) is 3.83. The fourth-order valence-corrected chi connectivity index (χ4v) is 2.82. The summed E-state index contributed by atoms with van der Waals surface area (Å²) in [5.74, 6) is -1.31. The summed E-state index contributed by atoms with van der Waals surface area (Å²) in [6, 6.07) is 7.34. The van der Waals surface area contributed by atoms with Crippen molar-refractivity contribution in [2.75, 3.05) is 7.11 Å². The number of carbonyl (C=O) groups excluding carboxylic acids is 1. The first-order valence-electron chi connectivity index (χ1n) is 6.85. The van der Waals surface area contributed by atoms with E-state index in [4.69, 9.17) is 4.74 Å². The normalized spacial score (nSPS) is 18.1. The smallest absolute Gasteiger partial charge is 0.336 e. The molecular weight excluding hydrogens is 284 g/mol. The molecule has 6 nitrogen and oxygen atoms in total. The number of nitrogens with one attached hydrogen (secondary N) is 1. The number of methoxy groups -OCH3 is 1. The van der Waals surface area contributed by atoms with Gasteiger partial charge in [0.1, 0.15) is 5.92 Å². The number of hydrogen-bond donors (Lipinski definition) is 1. The average molecular weight is 302 g/mol. The highest BCUT2D eigenvalue weighted by molar-refractivity contribution is 5.92. The number of nitro groups is 1. The maximum Gasteiger partial charge on any atom is 0.336 e. The number of carbonyl (C=O) groups is 1. The van der Waals surface area contributed by atoms with Gasteiger partial charge in [0.25, 0.3) is 5.70 Å². The van der Waals surface area contributed by atoms with Crippen LogP contribution in [0.3, 0.4) is 0 Å². The minimum atomic E-state index is -0.745. The molecule has 0 saturated heterocycles. The summed E-state index contributed by atoms with van der Waals surface area (Å²) in [5.41, 5.74) is 2.87. The predicted molar refractivity (Wildman–Crippen MR) is 81.5 cm³/mol. The summed E-state index contributed by atoms with van der Waals surface area (Å²) in [4.78, 5) is 23.3. The van der Waals surface area contributed by atoms with Crippen molar-refractivity contribution in [2.24, 2.45) is 0 Å². The Morgan fingerprint density at radius 3 is 2.41 bits per heavy atom. The number of hydrogen-bond acceptors (Lipinski definition) is 5. The lowest BCUT2D eigenvalue weighted by molar-refractivity contribution is -0.431. The Morgan fingerprint density at radius 1 is 1.23 bits per heavy atom. The van der Waals surface area contributed by atoms with Crippen LogP contribution in [-0.2, 0) is 9.53 Å². The molecule has 1 atom stereocenters. The maximum atomic E-state index is 12.2. The van der Waals surface area contributed by atoms with Crippen molar-refractivity contribution in [3.63, 3.8) is 0 Å². The highest BCUT2D eigenvalue weighted by Gasteiger charge is 2.41. The Bertz CT molecular complexity index is 704. The molecule has 0 spiro atoms. The molecule has 1 aromatic carbocycles. The van der Waals surface area contributed by atoms with Crippen molar-refractivity contribution < 1.29 is 14.5 Å². The number of esters is 1. The molecule has 1 heterocycles. The third-order valence-electron chi connectivity index (χ3n) is 3.83. The number of nitrogens with zero attached hydrogens (tertiary/aromatic N) is 1. The number of allylic oxidation sites excluding steroid dienone is 3. The van der Waals surface area contributed by atoms with Crippen LogP contribution < -0.4 is 5.32 Å². The molecule has 0 amide bonds. The fraction of sp³-hybridized carbons (Fsp3) is 0.312. The molecule has 1 aliphatic rings. The highest BCUT2D eigenvalue weighted by Crippen LogP contribution is 2.39. The lowest BCUT2D eigenvalue weighted by Crippen LogP contribution is -2.31. The molecular formula is C16H18N2O4. The van der Waals surface area contributed by atoms with Gasteiger partial charge in [0.2, 0.25) is 0 Å². The predicted octanol–water partition coefficient (Wildman–Crippen LogP) is 2.64. The van der Waals surface area contributed by atoms with E-state index in [1.165, 1.54) is 7.11 Å². The standard InChI is InChI=1S/C16H18N2O4/c1-9-7-5-6-8-12(9)14-13(16(19)22-4)10(2)17-11(3)15(14)18(20)21/h5-8,14,17H,1-4H3/t14-/m0/s1. The van der Waals surface area contributed by atoms with E-state index >= 15 is 0 Å². The Balaban J connectivity index is 2.73. The molecule has 116 valence electrons. The van der Waals surface area contributed by atoms with Gasteiger partial charge in [-0.05, 0) is 31.9 Å². The van der Waals surface area contributed by atoms with Gasteiger partial charge in [-0.15, -0.1) is 0 Å². The van der Waals surface area contributed by atoms with Gasteiger partial charge in [0, 0.05) is 5.70 Å². The zero-order chi connectivity index (χ0) is 16.4.